The van der Waals surface area contributed by atoms with Crippen molar-refractivity contribution in [1.82, 2.24) is 0 Å². The summed E-state index contributed by atoms with van der Waals surface area (Å²) in [6, 6.07) is 8.71. The molecule has 0 saturated heterocycles. The van der Waals surface area contributed by atoms with E-state index >= 15 is 0 Å². The third kappa shape index (κ3) is 5.30. The molecule has 0 spiro atoms. The minimum atomic E-state index is 0.170. The van der Waals surface area contributed by atoms with Crippen LogP contribution < -0.4 is 0 Å². The fourth-order valence-corrected chi connectivity index (χ4v) is 1.92. The van der Waals surface area contributed by atoms with E-state index < -0.39 is 0 Å². The molecular formula is C13H16I2Zr. The maximum atomic E-state index is 2.45. The molecule has 0 radical (unpaired) electrons. The first-order valence-electron chi connectivity index (χ1n) is 5.55. The first-order valence-corrected chi connectivity index (χ1v) is 20.2. The third-order valence-corrected chi connectivity index (χ3v) is 2.68. The van der Waals surface area contributed by atoms with E-state index in [9.17, 15) is 0 Å². The summed E-state index contributed by atoms with van der Waals surface area (Å²) in [5, 5.41) is 0. The molecule has 0 atom stereocenters. The molecule has 0 N–H and O–H groups in total. The van der Waals surface area contributed by atoms with Gasteiger partial charge < -0.3 is 0 Å². The summed E-state index contributed by atoms with van der Waals surface area (Å²) in [5.41, 5.74) is 4.56. The number of fused-ring (bicyclic) bond motifs is 1. The number of benzene rings is 1. The van der Waals surface area contributed by atoms with Gasteiger partial charge in [0.2, 0.25) is 0 Å². The predicted octanol–water partition coefficient (Wildman–Crippen LogP) is 5.59. The van der Waals surface area contributed by atoms with Crippen LogP contribution in [0.1, 0.15) is 37.3 Å². The van der Waals surface area contributed by atoms with Gasteiger partial charge >= 0.3 is 50.9 Å². The Morgan fingerprint density at radius 3 is 2.56 bits per heavy atom. The van der Waals surface area contributed by atoms with Crippen molar-refractivity contribution in [3.05, 3.63) is 41.0 Å². The van der Waals surface area contributed by atoms with Gasteiger partial charge in [0, 0.05) is 0 Å². The van der Waals surface area contributed by atoms with Gasteiger partial charge in [0.25, 0.3) is 0 Å². The van der Waals surface area contributed by atoms with Gasteiger partial charge in [-0.15, -0.1) is 0 Å². The monoisotopic (exact) mass is 516 g/mol. The molecule has 0 unspecified atom stereocenters. The maximum absolute atomic E-state index is 2.45. The van der Waals surface area contributed by atoms with Crippen molar-refractivity contribution in [2.45, 2.75) is 32.6 Å². The van der Waals surface area contributed by atoms with Gasteiger partial charge in [0.1, 0.15) is 0 Å². The van der Waals surface area contributed by atoms with Crippen molar-refractivity contribution in [2.24, 2.45) is 0 Å². The third-order valence-electron chi connectivity index (χ3n) is 2.68. The predicted molar refractivity (Wildman–Crippen MR) is 85.7 cm³/mol. The summed E-state index contributed by atoms with van der Waals surface area (Å²) in [6.45, 7) is 2.25. The van der Waals surface area contributed by atoms with Gasteiger partial charge in [-0.2, -0.15) is 0 Å². The van der Waals surface area contributed by atoms with Crippen LogP contribution >= 0.6 is 36.1 Å². The Morgan fingerprint density at radius 1 is 1.25 bits per heavy atom. The molecule has 0 amide bonds. The topological polar surface area (TPSA) is 0 Å². The second-order valence-corrected chi connectivity index (χ2v) is 22.8. The summed E-state index contributed by atoms with van der Waals surface area (Å²) in [6.07, 6.45) is 7.47. The zero-order chi connectivity index (χ0) is 11.8. The second kappa shape index (κ2) is 9.26. The van der Waals surface area contributed by atoms with Crippen LogP contribution in [-0.2, 0) is 21.3 Å². The average molecular weight is 517 g/mol. The quantitative estimate of drug-likeness (QED) is 0.460. The number of hydrogen-bond donors (Lipinski definition) is 0. The average Bonchev–Trinajstić information content (AvgIpc) is 2.70. The molecule has 0 saturated carbocycles. The van der Waals surface area contributed by atoms with Crippen LogP contribution in [-0.4, -0.2) is 0 Å². The van der Waals surface area contributed by atoms with Gasteiger partial charge in [-0.3, -0.25) is 0 Å². The fourth-order valence-electron chi connectivity index (χ4n) is 1.92. The molecule has 16 heavy (non-hydrogen) atoms. The molecule has 86 valence electrons. The molecule has 0 aliphatic heterocycles. The van der Waals surface area contributed by atoms with E-state index in [1.165, 1.54) is 36.8 Å². The van der Waals surface area contributed by atoms with E-state index in [4.69, 9.17) is 0 Å². The van der Waals surface area contributed by atoms with Gasteiger partial charge in [0.05, 0.1) is 0 Å². The van der Waals surface area contributed by atoms with Crippen molar-refractivity contribution < 1.29 is 14.9 Å². The number of rotatable bonds is 3. The number of hydrogen-bond acceptors (Lipinski definition) is 0. The van der Waals surface area contributed by atoms with Crippen LogP contribution in [0.2, 0.25) is 0 Å². The number of unbranched alkanes of at least 4 members (excludes halogenated alkanes) is 1. The Kier molecular flexibility index (Phi) is 8.89. The molecule has 0 fully saturated rings. The van der Waals surface area contributed by atoms with Crippen LogP contribution in [0.25, 0.3) is 6.08 Å². The molecular weight excluding hydrogens is 501 g/mol. The van der Waals surface area contributed by atoms with Crippen molar-refractivity contribution in [3.8, 4) is 0 Å². The minimum absolute atomic E-state index is 0.170. The molecule has 0 aromatic heterocycles. The van der Waals surface area contributed by atoms with Crippen LogP contribution in [0.3, 0.4) is 0 Å². The summed E-state index contributed by atoms with van der Waals surface area (Å²) < 4.78 is 0. The van der Waals surface area contributed by atoms with E-state index in [-0.39, 0.29) is 14.9 Å². The fraction of sp³-hybridized carbons (Fsp3) is 0.385. The molecule has 0 bridgehead atoms. The van der Waals surface area contributed by atoms with Gasteiger partial charge in [0.15, 0.2) is 0 Å². The van der Waals surface area contributed by atoms with E-state index in [1.807, 2.05) is 0 Å². The van der Waals surface area contributed by atoms with Crippen LogP contribution in [0.5, 0.6) is 0 Å². The molecule has 3 heteroatoms. The summed E-state index contributed by atoms with van der Waals surface area (Å²) >= 11 is 5.06. The Labute approximate surface area is 129 Å². The zero-order valence-corrected chi connectivity index (χ0v) is 16.2. The van der Waals surface area contributed by atoms with Gasteiger partial charge in [-0.25, -0.2) is 0 Å². The Hall–Kier alpha value is 1.30. The second-order valence-electron chi connectivity index (χ2n) is 3.85. The zero-order valence-electron chi connectivity index (χ0n) is 9.47. The van der Waals surface area contributed by atoms with E-state index in [1.54, 1.807) is 5.57 Å². The van der Waals surface area contributed by atoms with Crippen molar-refractivity contribution >= 4 is 42.2 Å². The molecule has 0 heterocycles. The van der Waals surface area contributed by atoms with Crippen LogP contribution in [0.15, 0.2) is 29.8 Å². The Balaban J connectivity index is 0.000000386. The molecule has 2 rings (SSSR count). The number of allylic oxidation sites excluding steroid dienone is 1. The van der Waals surface area contributed by atoms with Gasteiger partial charge in [-0.1, -0.05) is 49.3 Å². The molecule has 1 aliphatic carbocycles. The molecule has 1 aromatic carbocycles. The van der Waals surface area contributed by atoms with Crippen molar-refractivity contribution in [3.63, 3.8) is 0 Å². The molecule has 1 aliphatic rings. The SMILES string of the molecule is CCCCC1=Cc2ccccc2C1.[I][Zr][I]. The standard InChI is InChI=1S/C13H16.2HI.Zr/c1-2-3-6-11-9-12-7-4-5-8-13(12)10-11;;;/h4-5,7-9H,2-3,6,10H2,1H3;2*1H;/q;;;+2/p-2. The van der Waals surface area contributed by atoms with Crippen molar-refractivity contribution in [1.29, 1.82) is 0 Å². The van der Waals surface area contributed by atoms with E-state index in [2.05, 4.69) is 73.4 Å². The van der Waals surface area contributed by atoms with Gasteiger partial charge in [-0.05, 0) is 30.4 Å². The molecule has 1 aromatic rings. The first-order chi connectivity index (χ1) is 7.81. The van der Waals surface area contributed by atoms with Crippen LogP contribution in [0.4, 0.5) is 0 Å². The van der Waals surface area contributed by atoms with Crippen molar-refractivity contribution in [2.75, 3.05) is 0 Å². The van der Waals surface area contributed by atoms with E-state index in [0.717, 1.165) is 0 Å². The summed E-state index contributed by atoms with van der Waals surface area (Å²) in [7, 11) is 0. The summed E-state index contributed by atoms with van der Waals surface area (Å²) in [4.78, 5) is 0. The molecule has 0 nitrogen and oxygen atoms in total. The summed E-state index contributed by atoms with van der Waals surface area (Å²) in [5.74, 6) is 0. The Bertz CT molecular complexity index is 348. The number of halogens is 2. The normalized spacial score (nSPS) is 12.3. The van der Waals surface area contributed by atoms with E-state index in [0.29, 0.717) is 0 Å². The van der Waals surface area contributed by atoms with Crippen LogP contribution in [0, 0.1) is 0 Å². The first kappa shape index (κ1) is 15.4. The Morgan fingerprint density at radius 2 is 1.94 bits per heavy atom.